The highest BCUT2D eigenvalue weighted by Crippen LogP contribution is 2.12. The summed E-state index contributed by atoms with van der Waals surface area (Å²) in [5.41, 5.74) is -1.39. The third-order valence-electron chi connectivity index (χ3n) is 2.00. The molecular weight excluding hydrogens is 160 g/mol. The first-order valence-corrected chi connectivity index (χ1v) is 3.25. The van der Waals surface area contributed by atoms with E-state index in [1.54, 1.807) is 14.1 Å². The average molecular weight is 176 g/mol. The van der Waals surface area contributed by atoms with Gasteiger partial charge in [-0.05, 0) is 27.9 Å². The van der Waals surface area contributed by atoms with Gasteiger partial charge in [-0.2, -0.15) is 0 Å². The molecule has 0 amide bonds. The van der Waals surface area contributed by atoms with Crippen LogP contribution in [-0.2, 0) is 9.59 Å². The molecule has 0 saturated heterocycles. The third kappa shape index (κ3) is 2.02. The molecule has 0 spiro atoms. The molecule has 4 N–H and O–H groups in total. The molecule has 0 aromatic carbocycles. The molecule has 0 aliphatic carbocycles. The Morgan fingerprint density at radius 3 is 1.67 bits per heavy atom. The van der Waals surface area contributed by atoms with E-state index in [1.807, 2.05) is 0 Å². The van der Waals surface area contributed by atoms with Gasteiger partial charge in [-0.25, -0.2) is 4.79 Å². The number of hydrogen-bond donors (Lipinski definition) is 2. The van der Waals surface area contributed by atoms with E-state index >= 15 is 0 Å². The van der Waals surface area contributed by atoms with E-state index < -0.39 is 11.5 Å². The highest BCUT2D eigenvalue weighted by Gasteiger charge is 2.40. The van der Waals surface area contributed by atoms with Crippen LogP contribution in [0.5, 0.6) is 0 Å². The van der Waals surface area contributed by atoms with E-state index in [0.717, 1.165) is 0 Å². The van der Waals surface area contributed by atoms with Crippen LogP contribution < -0.4 is 6.15 Å². The summed E-state index contributed by atoms with van der Waals surface area (Å²) in [6, 6.07) is 0. The van der Waals surface area contributed by atoms with Gasteiger partial charge < -0.3 is 11.3 Å². The molecule has 0 aromatic heterocycles. The van der Waals surface area contributed by atoms with Crippen molar-refractivity contribution in [3.63, 3.8) is 0 Å². The molecule has 0 saturated carbocycles. The molecule has 0 bridgehead atoms. The lowest BCUT2D eigenvalue weighted by atomic mass is 9.96. The van der Waals surface area contributed by atoms with E-state index in [2.05, 4.69) is 0 Å². The van der Waals surface area contributed by atoms with Gasteiger partial charge in [-0.15, -0.1) is 0 Å². The number of Topliss-reactive ketones (excluding diaryl/α,β-unsaturated/α-hetero) is 1. The minimum Gasteiger partial charge on any atom is -0.480 e. The van der Waals surface area contributed by atoms with E-state index in [1.165, 1.54) is 18.7 Å². The molecule has 1 unspecified atom stereocenters. The zero-order valence-corrected chi connectivity index (χ0v) is 7.92. The van der Waals surface area contributed by atoms with E-state index in [0.29, 0.717) is 0 Å². The third-order valence-corrected chi connectivity index (χ3v) is 2.00. The standard InChI is InChI=1S/C7H13NO3.H3N/c1-5(9)7(2,6(10)11)8(3)4;/h1-4H3,(H,10,11);1H3. The Hall–Kier alpha value is -0.940. The van der Waals surface area contributed by atoms with Crippen molar-refractivity contribution in [2.75, 3.05) is 14.1 Å². The number of aliphatic carboxylic acids is 1. The number of hydrogen-bond acceptors (Lipinski definition) is 4. The van der Waals surface area contributed by atoms with Crippen LogP contribution in [0.15, 0.2) is 0 Å². The molecule has 5 heteroatoms. The number of carboxylic acids is 1. The van der Waals surface area contributed by atoms with Gasteiger partial charge >= 0.3 is 5.97 Å². The second-order valence-corrected chi connectivity index (χ2v) is 2.83. The number of carbonyl (C=O) groups is 2. The number of ketones is 1. The summed E-state index contributed by atoms with van der Waals surface area (Å²) in [5, 5.41) is 8.71. The van der Waals surface area contributed by atoms with Crippen molar-refractivity contribution < 1.29 is 14.7 Å². The summed E-state index contributed by atoms with van der Waals surface area (Å²) in [6.45, 7) is 2.66. The fourth-order valence-electron chi connectivity index (χ4n) is 0.657. The molecule has 1 atom stereocenters. The van der Waals surface area contributed by atoms with Crippen molar-refractivity contribution in [2.45, 2.75) is 19.4 Å². The van der Waals surface area contributed by atoms with Gasteiger partial charge in [0.2, 0.25) is 0 Å². The molecule has 0 rings (SSSR count). The smallest absolute Gasteiger partial charge is 0.331 e. The van der Waals surface area contributed by atoms with Crippen molar-refractivity contribution in [2.24, 2.45) is 0 Å². The molecule has 0 radical (unpaired) electrons. The Morgan fingerprint density at radius 1 is 1.33 bits per heavy atom. The maximum atomic E-state index is 10.9. The second kappa shape index (κ2) is 4.18. The molecule has 0 fully saturated rings. The number of carboxylic acid groups (broad SMARTS) is 1. The molecule has 0 aromatic rings. The van der Waals surface area contributed by atoms with Crippen LogP contribution in [0, 0.1) is 0 Å². The topological polar surface area (TPSA) is 92.6 Å². The Labute approximate surface area is 71.9 Å². The maximum absolute atomic E-state index is 10.9. The molecule has 0 heterocycles. The number of rotatable bonds is 3. The minimum atomic E-state index is -1.39. The number of carbonyl (C=O) groups excluding carboxylic acids is 1. The van der Waals surface area contributed by atoms with E-state index in [-0.39, 0.29) is 11.9 Å². The van der Waals surface area contributed by atoms with Gasteiger partial charge in [0, 0.05) is 0 Å². The SMILES string of the molecule is CC(=O)C(C)(C(=O)O)N(C)C.N. The Morgan fingerprint density at radius 2 is 1.67 bits per heavy atom. The van der Waals surface area contributed by atoms with Crippen LogP contribution in [0.1, 0.15) is 13.8 Å². The molecule has 5 nitrogen and oxygen atoms in total. The van der Waals surface area contributed by atoms with Crippen molar-refractivity contribution in [1.82, 2.24) is 11.1 Å². The molecule has 0 aliphatic rings. The fraction of sp³-hybridized carbons (Fsp3) is 0.714. The second-order valence-electron chi connectivity index (χ2n) is 2.83. The van der Waals surface area contributed by atoms with Gasteiger partial charge in [-0.1, -0.05) is 0 Å². The van der Waals surface area contributed by atoms with Crippen molar-refractivity contribution in [1.29, 1.82) is 0 Å². The predicted octanol–water partition coefficient (Wildman–Crippen LogP) is 0.142. The summed E-state index contributed by atoms with van der Waals surface area (Å²) in [6.07, 6.45) is 0. The fourth-order valence-corrected chi connectivity index (χ4v) is 0.657. The largest absolute Gasteiger partial charge is 0.480 e. The van der Waals surface area contributed by atoms with Crippen molar-refractivity contribution in [3.8, 4) is 0 Å². The van der Waals surface area contributed by atoms with Crippen LogP contribution in [0.2, 0.25) is 0 Å². The van der Waals surface area contributed by atoms with Crippen molar-refractivity contribution in [3.05, 3.63) is 0 Å². The zero-order chi connectivity index (χ0) is 9.23. The maximum Gasteiger partial charge on any atom is 0.331 e. The van der Waals surface area contributed by atoms with E-state index in [4.69, 9.17) is 5.11 Å². The summed E-state index contributed by atoms with van der Waals surface area (Å²) < 4.78 is 0. The van der Waals surface area contributed by atoms with Gasteiger partial charge in [-0.3, -0.25) is 9.69 Å². The van der Waals surface area contributed by atoms with Gasteiger partial charge in [0.25, 0.3) is 0 Å². The average Bonchev–Trinajstić information content (AvgIpc) is 1.84. The normalized spacial score (nSPS) is 14.8. The van der Waals surface area contributed by atoms with Crippen LogP contribution in [0.4, 0.5) is 0 Å². The lowest BCUT2D eigenvalue weighted by Gasteiger charge is -2.28. The Balaban J connectivity index is 0. The van der Waals surface area contributed by atoms with E-state index in [9.17, 15) is 9.59 Å². The summed E-state index contributed by atoms with van der Waals surface area (Å²) in [4.78, 5) is 23.0. The first-order valence-electron chi connectivity index (χ1n) is 3.25. The number of nitrogens with zero attached hydrogens (tertiary/aromatic N) is 1. The van der Waals surface area contributed by atoms with Crippen LogP contribution >= 0.6 is 0 Å². The molecular formula is C7H16N2O3. The van der Waals surface area contributed by atoms with Crippen LogP contribution in [-0.4, -0.2) is 41.4 Å². The highest BCUT2D eigenvalue weighted by molar-refractivity contribution is 6.06. The first-order chi connectivity index (χ1) is 4.83. The lowest BCUT2D eigenvalue weighted by Crippen LogP contribution is -2.53. The summed E-state index contributed by atoms with van der Waals surface area (Å²) in [5.74, 6) is -1.48. The monoisotopic (exact) mass is 176 g/mol. The van der Waals surface area contributed by atoms with Crippen LogP contribution in [0.3, 0.4) is 0 Å². The number of likely N-dealkylation sites (N-methyl/N-ethyl adjacent to an activating group) is 1. The Bertz CT molecular complexity index is 175. The van der Waals surface area contributed by atoms with Crippen molar-refractivity contribution >= 4 is 11.8 Å². The zero-order valence-electron chi connectivity index (χ0n) is 7.92. The predicted molar refractivity (Wildman–Crippen MR) is 45.4 cm³/mol. The van der Waals surface area contributed by atoms with Gasteiger partial charge in [0.1, 0.15) is 0 Å². The first kappa shape index (κ1) is 13.6. The molecule has 72 valence electrons. The van der Waals surface area contributed by atoms with Gasteiger partial charge in [0.05, 0.1) is 0 Å². The summed E-state index contributed by atoms with van der Waals surface area (Å²) >= 11 is 0. The summed E-state index contributed by atoms with van der Waals surface area (Å²) in [7, 11) is 3.13. The van der Waals surface area contributed by atoms with Crippen LogP contribution in [0.25, 0.3) is 0 Å². The molecule has 12 heavy (non-hydrogen) atoms. The highest BCUT2D eigenvalue weighted by atomic mass is 16.4. The quantitative estimate of drug-likeness (QED) is 0.597. The minimum absolute atomic E-state index is 0. The molecule has 0 aliphatic heterocycles. The Kier molecular flexibility index (Phi) is 4.75. The van der Waals surface area contributed by atoms with Gasteiger partial charge in [0.15, 0.2) is 11.3 Å². The lowest BCUT2D eigenvalue weighted by molar-refractivity contribution is -0.153.